The summed E-state index contributed by atoms with van der Waals surface area (Å²) in [5, 5.41) is 2.76. The van der Waals surface area contributed by atoms with Crippen molar-refractivity contribution in [2.24, 2.45) is 5.73 Å². The second kappa shape index (κ2) is 9.02. The van der Waals surface area contributed by atoms with E-state index in [9.17, 15) is 4.79 Å². The Morgan fingerprint density at radius 2 is 2.19 bits per heavy atom. The van der Waals surface area contributed by atoms with E-state index in [1.54, 1.807) is 13.2 Å². The van der Waals surface area contributed by atoms with Crippen LogP contribution in [0.1, 0.15) is 25.8 Å². The first-order chi connectivity index (χ1) is 10.1. The summed E-state index contributed by atoms with van der Waals surface area (Å²) in [6, 6.07) is 5.64. The second-order valence-electron chi connectivity index (χ2n) is 4.81. The van der Waals surface area contributed by atoms with Gasteiger partial charge < -0.3 is 20.5 Å². The summed E-state index contributed by atoms with van der Waals surface area (Å²) in [6.45, 7) is 4.36. The topological polar surface area (TPSA) is 73.6 Å². The van der Waals surface area contributed by atoms with E-state index in [1.807, 2.05) is 38.1 Å². The molecule has 3 N–H and O–H groups in total. The molecule has 0 heterocycles. The second-order valence-corrected chi connectivity index (χ2v) is 4.81. The summed E-state index contributed by atoms with van der Waals surface area (Å²) in [7, 11) is 1.57. The van der Waals surface area contributed by atoms with Crippen LogP contribution in [-0.2, 0) is 4.79 Å². The molecule has 1 unspecified atom stereocenters. The summed E-state index contributed by atoms with van der Waals surface area (Å²) in [4.78, 5) is 11.6. The van der Waals surface area contributed by atoms with E-state index in [1.165, 1.54) is 0 Å². The lowest BCUT2D eigenvalue weighted by atomic mass is 10.2. The predicted molar refractivity (Wildman–Crippen MR) is 84.5 cm³/mol. The molecule has 116 valence electrons. The number of ether oxygens (including phenoxy) is 2. The zero-order chi connectivity index (χ0) is 15.7. The van der Waals surface area contributed by atoms with Crippen LogP contribution < -0.4 is 20.5 Å². The van der Waals surface area contributed by atoms with Crippen molar-refractivity contribution in [3.8, 4) is 11.5 Å². The molecule has 1 amide bonds. The highest BCUT2D eigenvalue weighted by molar-refractivity contribution is 5.77. The minimum atomic E-state index is -0.171. The maximum absolute atomic E-state index is 11.6. The van der Waals surface area contributed by atoms with Gasteiger partial charge in [0.2, 0.25) is 0 Å². The number of benzene rings is 1. The molecule has 0 fully saturated rings. The van der Waals surface area contributed by atoms with E-state index in [4.69, 9.17) is 15.2 Å². The zero-order valence-corrected chi connectivity index (χ0v) is 12.9. The first kappa shape index (κ1) is 17.0. The van der Waals surface area contributed by atoms with E-state index >= 15 is 0 Å². The van der Waals surface area contributed by atoms with E-state index < -0.39 is 0 Å². The van der Waals surface area contributed by atoms with Crippen molar-refractivity contribution < 1.29 is 14.3 Å². The first-order valence-electron chi connectivity index (χ1n) is 7.02. The first-order valence-corrected chi connectivity index (χ1v) is 7.02. The Hall–Kier alpha value is -2.01. The lowest BCUT2D eigenvalue weighted by Gasteiger charge is -2.12. The fraction of sp³-hybridized carbons (Fsp3) is 0.438. The van der Waals surface area contributed by atoms with Crippen molar-refractivity contribution in [3.63, 3.8) is 0 Å². The Labute approximate surface area is 126 Å². The summed E-state index contributed by atoms with van der Waals surface area (Å²) in [6.07, 6.45) is 4.65. The fourth-order valence-corrected chi connectivity index (χ4v) is 1.73. The fourth-order valence-electron chi connectivity index (χ4n) is 1.73. The van der Waals surface area contributed by atoms with Crippen molar-refractivity contribution in [1.82, 2.24) is 5.32 Å². The third-order valence-electron chi connectivity index (χ3n) is 2.83. The third kappa shape index (κ3) is 6.31. The molecular formula is C16H24N2O3. The van der Waals surface area contributed by atoms with Gasteiger partial charge in [0.15, 0.2) is 18.1 Å². The maximum Gasteiger partial charge on any atom is 0.257 e. The summed E-state index contributed by atoms with van der Waals surface area (Å²) >= 11 is 0. The highest BCUT2D eigenvalue weighted by atomic mass is 16.5. The average Bonchev–Trinajstić information content (AvgIpc) is 2.45. The van der Waals surface area contributed by atoms with Gasteiger partial charge in [-0.1, -0.05) is 18.2 Å². The Balaban J connectivity index is 2.52. The largest absolute Gasteiger partial charge is 0.493 e. The van der Waals surface area contributed by atoms with Crippen LogP contribution in [0.25, 0.3) is 6.08 Å². The van der Waals surface area contributed by atoms with Gasteiger partial charge in [0.25, 0.3) is 5.91 Å². The van der Waals surface area contributed by atoms with Crippen molar-refractivity contribution in [2.75, 3.05) is 20.3 Å². The van der Waals surface area contributed by atoms with Crippen LogP contribution in [0.5, 0.6) is 11.5 Å². The number of nitrogens with one attached hydrogen (secondary N) is 1. The average molecular weight is 292 g/mol. The van der Waals surface area contributed by atoms with Gasteiger partial charge in [-0.25, -0.2) is 0 Å². The smallest absolute Gasteiger partial charge is 0.257 e. The van der Waals surface area contributed by atoms with Gasteiger partial charge in [-0.2, -0.15) is 0 Å². The Morgan fingerprint density at radius 3 is 2.81 bits per heavy atom. The quantitative estimate of drug-likeness (QED) is 0.768. The van der Waals surface area contributed by atoms with E-state index in [-0.39, 0.29) is 18.6 Å². The zero-order valence-electron chi connectivity index (χ0n) is 12.9. The minimum Gasteiger partial charge on any atom is -0.493 e. The Bertz CT molecular complexity index is 484. The number of hydrogen-bond donors (Lipinski definition) is 2. The van der Waals surface area contributed by atoms with Crippen LogP contribution in [0.3, 0.4) is 0 Å². The minimum absolute atomic E-state index is 0.0434. The molecule has 1 aromatic carbocycles. The SMILES string of the molecule is C/C=C/c1ccc(OCC(=O)NCCC(C)N)c(OC)c1. The predicted octanol–water partition coefficient (Wildman–Crippen LogP) is 1.96. The van der Waals surface area contributed by atoms with Crippen molar-refractivity contribution in [1.29, 1.82) is 0 Å². The normalized spacial score (nSPS) is 12.2. The van der Waals surface area contributed by atoms with Gasteiger partial charge in [-0.15, -0.1) is 0 Å². The molecule has 1 atom stereocenters. The third-order valence-corrected chi connectivity index (χ3v) is 2.83. The van der Waals surface area contributed by atoms with Crippen LogP contribution >= 0.6 is 0 Å². The number of carbonyl (C=O) groups is 1. The molecule has 0 bridgehead atoms. The van der Waals surface area contributed by atoms with E-state index in [0.29, 0.717) is 18.0 Å². The Morgan fingerprint density at radius 1 is 1.43 bits per heavy atom. The molecule has 5 nitrogen and oxygen atoms in total. The summed E-state index contributed by atoms with van der Waals surface area (Å²) in [5.74, 6) is 0.984. The highest BCUT2D eigenvalue weighted by Gasteiger charge is 2.08. The van der Waals surface area contributed by atoms with E-state index in [0.717, 1.165) is 12.0 Å². The maximum atomic E-state index is 11.6. The molecule has 5 heteroatoms. The van der Waals surface area contributed by atoms with Crippen molar-refractivity contribution in [2.45, 2.75) is 26.3 Å². The van der Waals surface area contributed by atoms with Gasteiger partial charge in [0, 0.05) is 12.6 Å². The monoisotopic (exact) mass is 292 g/mol. The van der Waals surface area contributed by atoms with Gasteiger partial charge in [0.05, 0.1) is 7.11 Å². The number of carbonyl (C=O) groups excluding carboxylic acids is 1. The molecule has 0 saturated heterocycles. The molecular weight excluding hydrogens is 268 g/mol. The van der Waals surface area contributed by atoms with E-state index in [2.05, 4.69) is 5.32 Å². The van der Waals surface area contributed by atoms with Gasteiger partial charge in [0.1, 0.15) is 0 Å². The number of nitrogens with two attached hydrogens (primary N) is 1. The molecule has 0 aromatic heterocycles. The highest BCUT2D eigenvalue weighted by Crippen LogP contribution is 2.28. The summed E-state index contributed by atoms with van der Waals surface area (Å²) < 4.78 is 10.8. The Kier molecular flexibility index (Phi) is 7.32. The van der Waals surface area contributed by atoms with Gasteiger partial charge in [-0.05, 0) is 38.0 Å². The molecule has 21 heavy (non-hydrogen) atoms. The lowest BCUT2D eigenvalue weighted by Crippen LogP contribution is -2.32. The molecule has 1 rings (SSSR count). The molecule has 0 radical (unpaired) electrons. The van der Waals surface area contributed by atoms with Crippen LogP contribution in [0.4, 0.5) is 0 Å². The lowest BCUT2D eigenvalue weighted by molar-refractivity contribution is -0.123. The van der Waals surface area contributed by atoms with Gasteiger partial charge in [-0.3, -0.25) is 4.79 Å². The number of hydrogen-bond acceptors (Lipinski definition) is 4. The van der Waals surface area contributed by atoms with Crippen LogP contribution in [0.2, 0.25) is 0 Å². The molecule has 1 aromatic rings. The molecule has 0 aliphatic rings. The molecule has 0 aliphatic carbocycles. The molecule has 0 spiro atoms. The standard InChI is InChI=1S/C16H24N2O3/c1-4-5-13-6-7-14(15(10-13)20-3)21-11-16(19)18-9-8-12(2)17/h4-7,10,12H,8-9,11,17H2,1-3H3,(H,18,19)/b5-4+. The number of amides is 1. The van der Waals surface area contributed by atoms with Crippen LogP contribution in [0, 0.1) is 0 Å². The van der Waals surface area contributed by atoms with Crippen molar-refractivity contribution >= 4 is 12.0 Å². The summed E-state index contributed by atoms with van der Waals surface area (Å²) in [5.41, 5.74) is 6.63. The van der Waals surface area contributed by atoms with Crippen LogP contribution in [-0.4, -0.2) is 32.2 Å². The van der Waals surface area contributed by atoms with Gasteiger partial charge >= 0.3 is 0 Å². The molecule has 0 saturated carbocycles. The van der Waals surface area contributed by atoms with Crippen LogP contribution in [0.15, 0.2) is 24.3 Å². The number of methoxy groups -OCH3 is 1. The van der Waals surface area contributed by atoms with Crippen molar-refractivity contribution in [3.05, 3.63) is 29.8 Å². The number of allylic oxidation sites excluding steroid dienone is 1. The molecule has 0 aliphatic heterocycles. The number of rotatable bonds is 8.